The molecule has 3 aromatic carbocycles. The smallest absolute Gasteiger partial charge is 0.338 e. The summed E-state index contributed by atoms with van der Waals surface area (Å²) < 4.78 is 16.2. The molecule has 0 aliphatic heterocycles. The molecule has 6 nitrogen and oxygen atoms in total. The molecule has 1 N–H and O–H groups in total. The summed E-state index contributed by atoms with van der Waals surface area (Å²) in [6.45, 7) is 11.3. The average Bonchev–Trinajstić information content (AvgIpc) is 2.85. The third kappa shape index (κ3) is 6.91. The van der Waals surface area contributed by atoms with E-state index in [1.54, 1.807) is 33.1 Å². The van der Waals surface area contributed by atoms with Gasteiger partial charge < -0.3 is 19.5 Å². The molecule has 0 aliphatic rings. The van der Waals surface area contributed by atoms with E-state index < -0.39 is 5.97 Å². The van der Waals surface area contributed by atoms with Gasteiger partial charge in [0.25, 0.3) is 5.91 Å². The van der Waals surface area contributed by atoms with Gasteiger partial charge in [-0.05, 0) is 60.4 Å². The first-order chi connectivity index (χ1) is 16.8. The zero-order chi connectivity index (χ0) is 25.4. The first-order valence-electron chi connectivity index (χ1n) is 11.1. The Morgan fingerprint density at radius 3 is 1.86 bits per heavy atom. The molecular formula is C29H29NO5. The Kier molecular flexibility index (Phi) is 8.59. The molecule has 0 aliphatic carbocycles. The highest BCUT2D eigenvalue weighted by atomic mass is 16.5. The van der Waals surface area contributed by atoms with Crippen LogP contribution in [0.1, 0.15) is 13.8 Å². The normalized spacial score (nSPS) is 10.4. The molecule has 0 bridgehead atoms. The number of amides is 1. The van der Waals surface area contributed by atoms with Crippen molar-refractivity contribution in [3.63, 3.8) is 0 Å². The van der Waals surface area contributed by atoms with Crippen molar-refractivity contribution in [3.05, 3.63) is 91.0 Å². The predicted octanol–water partition coefficient (Wildman–Crippen LogP) is 6.04. The van der Waals surface area contributed by atoms with Crippen molar-refractivity contribution < 1.29 is 23.8 Å². The highest BCUT2D eigenvalue weighted by Gasteiger charge is 2.11. The SMILES string of the molecule is C=C(C)C(=O)Nc1ccc(-c2ccc(-c3ccc(OC(=O)C(=C)C)cc3)cc2)cc1OCCOC. The minimum absolute atomic E-state index is 0.265. The average molecular weight is 472 g/mol. The van der Waals surface area contributed by atoms with Crippen molar-refractivity contribution in [2.75, 3.05) is 25.6 Å². The summed E-state index contributed by atoms with van der Waals surface area (Å²) in [5.41, 5.74) is 5.29. The summed E-state index contributed by atoms with van der Waals surface area (Å²) in [4.78, 5) is 23.8. The van der Waals surface area contributed by atoms with E-state index in [1.807, 2.05) is 54.6 Å². The Balaban J connectivity index is 1.80. The number of methoxy groups -OCH3 is 1. The molecule has 0 fully saturated rings. The lowest BCUT2D eigenvalue weighted by Crippen LogP contribution is -2.14. The monoisotopic (exact) mass is 471 g/mol. The number of anilines is 1. The Labute approximate surface area is 205 Å². The maximum absolute atomic E-state index is 12.1. The molecule has 0 saturated heterocycles. The van der Waals surface area contributed by atoms with Crippen molar-refractivity contribution in [3.8, 4) is 33.8 Å². The first-order valence-corrected chi connectivity index (χ1v) is 11.1. The lowest BCUT2D eigenvalue weighted by Gasteiger charge is -2.14. The number of benzene rings is 3. The standard InChI is InChI=1S/C29H29NO5/c1-19(2)28(31)30-26-15-12-24(18-27(26)34-17-16-33-5)23-8-6-21(7-9-23)22-10-13-25(14-11-22)35-29(32)20(3)4/h6-15,18H,1,3,16-17H2,2,4-5H3,(H,30,31). The summed E-state index contributed by atoms with van der Waals surface area (Å²) in [7, 11) is 1.60. The molecule has 1 amide bonds. The minimum Gasteiger partial charge on any atom is -0.489 e. The fourth-order valence-electron chi connectivity index (χ4n) is 3.15. The van der Waals surface area contributed by atoms with Crippen LogP contribution in [0.15, 0.2) is 91.0 Å². The van der Waals surface area contributed by atoms with Crippen LogP contribution < -0.4 is 14.8 Å². The van der Waals surface area contributed by atoms with Gasteiger partial charge in [-0.15, -0.1) is 0 Å². The molecule has 0 atom stereocenters. The van der Waals surface area contributed by atoms with Crippen LogP contribution in [0.2, 0.25) is 0 Å². The number of hydrogen-bond acceptors (Lipinski definition) is 5. The van der Waals surface area contributed by atoms with Crippen molar-refractivity contribution >= 4 is 17.6 Å². The van der Waals surface area contributed by atoms with Crippen molar-refractivity contribution in [1.82, 2.24) is 0 Å². The zero-order valence-corrected chi connectivity index (χ0v) is 20.2. The molecule has 0 aromatic heterocycles. The molecule has 0 saturated carbocycles. The number of carbonyl (C=O) groups excluding carboxylic acids is 2. The number of carbonyl (C=O) groups is 2. The van der Waals surface area contributed by atoms with Gasteiger partial charge in [-0.1, -0.05) is 55.6 Å². The van der Waals surface area contributed by atoms with Gasteiger partial charge in [0.15, 0.2) is 0 Å². The van der Waals surface area contributed by atoms with Crippen LogP contribution >= 0.6 is 0 Å². The van der Waals surface area contributed by atoms with Crippen molar-refractivity contribution in [2.24, 2.45) is 0 Å². The summed E-state index contributed by atoms with van der Waals surface area (Å²) in [6, 6.07) is 21.0. The molecule has 0 radical (unpaired) electrons. The predicted molar refractivity (Wildman–Crippen MR) is 139 cm³/mol. The molecule has 180 valence electrons. The fourth-order valence-corrected chi connectivity index (χ4v) is 3.15. The van der Waals surface area contributed by atoms with E-state index in [4.69, 9.17) is 14.2 Å². The Morgan fingerprint density at radius 1 is 0.771 bits per heavy atom. The van der Waals surface area contributed by atoms with E-state index in [1.165, 1.54) is 0 Å². The maximum atomic E-state index is 12.1. The quantitative estimate of drug-likeness (QED) is 0.169. The third-order valence-electron chi connectivity index (χ3n) is 5.13. The van der Waals surface area contributed by atoms with Gasteiger partial charge in [-0.2, -0.15) is 0 Å². The Morgan fingerprint density at radius 2 is 1.31 bits per heavy atom. The lowest BCUT2D eigenvalue weighted by molar-refractivity contribution is -0.130. The molecule has 6 heteroatoms. The number of esters is 1. The van der Waals surface area contributed by atoms with Gasteiger partial charge >= 0.3 is 5.97 Å². The Bertz CT molecular complexity index is 1230. The lowest BCUT2D eigenvalue weighted by atomic mass is 10.00. The van der Waals surface area contributed by atoms with Gasteiger partial charge in [0.05, 0.1) is 12.3 Å². The molecule has 3 aromatic rings. The van der Waals surface area contributed by atoms with E-state index in [2.05, 4.69) is 18.5 Å². The first kappa shape index (κ1) is 25.5. The maximum Gasteiger partial charge on any atom is 0.338 e. The Hall–Kier alpha value is -4.16. The molecule has 0 heterocycles. The second-order valence-corrected chi connectivity index (χ2v) is 8.06. The molecular weight excluding hydrogens is 442 g/mol. The third-order valence-corrected chi connectivity index (χ3v) is 5.13. The van der Waals surface area contributed by atoms with Crippen molar-refractivity contribution in [1.29, 1.82) is 0 Å². The fraction of sp³-hybridized carbons (Fsp3) is 0.172. The minimum atomic E-state index is -0.446. The van der Waals surface area contributed by atoms with E-state index in [-0.39, 0.29) is 5.91 Å². The highest BCUT2D eigenvalue weighted by Crippen LogP contribution is 2.33. The van der Waals surface area contributed by atoms with E-state index in [9.17, 15) is 9.59 Å². The van der Waals surface area contributed by atoms with Gasteiger partial charge in [-0.3, -0.25) is 4.79 Å². The van der Waals surface area contributed by atoms with E-state index in [0.717, 1.165) is 22.3 Å². The molecule has 3 rings (SSSR count). The number of rotatable bonds is 10. The molecule has 0 unspecified atom stereocenters. The number of nitrogens with one attached hydrogen (secondary N) is 1. The summed E-state index contributed by atoms with van der Waals surface area (Å²) >= 11 is 0. The number of hydrogen-bond donors (Lipinski definition) is 1. The molecule has 0 spiro atoms. The van der Waals surface area contributed by atoms with Crippen LogP contribution in [0.3, 0.4) is 0 Å². The van der Waals surface area contributed by atoms with Crippen LogP contribution in [0.25, 0.3) is 22.3 Å². The van der Waals surface area contributed by atoms with Gasteiger partial charge in [0, 0.05) is 18.3 Å². The van der Waals surface area contributed by atoms with Crippen LogP contribution in [0, 0.1) is 0 Å². The molecule has 35 heavy (non-hydrogen) atoms. The van der Waals surface area contributed by atoms with Gasteiger partial charge in [0.2, 0.25) is 0 Å². The van der Waals surface area contributed by atoms with Crippen LogP contribution in [-0.2, 0) is 14.3 Å². The highest BCUT2D eigenvalue weighted by molar-refractivity contribution is 6.03. The summed E-state index contributed by atoms with van der Waals surface area (Å²) in [5.74, 6) is 0.313. The zero-order valence-electron chi connectivity index (χ0n) is 20.2. The summed E-state index contributed by atoms with van der Waals surface area (Å²) in [6.07, 6.45) is 0. The summed E-state index contributed by atoms with van der Waals surface area (Å²) in [5, 5.41) is 2.83. The van der Waals surface area contributed by atoms with E-state index >= 15 is 0 Å². The van der Waals surface area contributed by atoms with Crippen molar-refractivity contribution in [2.45, 2.75) is 13.8 Å². The van der Waals surface area contributed by atoms with Crippen LogP contribution in [0.5, 0.6) is 11.5 Å². The second-order valence-electron chi connectivity index (χ2n) is 8.06. The van der Waals surface area contributed by atoms with Gasteiger partial charge in [-0.25, -0.2) is 4.79 Å². The van der Waals surface area contributed by atoms with Crippen LogP contribution in [-0.4, -0.2) is 32.2 Å². The second kappa shape index (κ2) is 11.8. The largest absolute Gasteiger partial charge is 0.489 e. The number of ether oxygens (including phenoxy) is 3. The van der Waals surface area contributed by atoms with E-state index in [0.29, 0.717) is 41.5 Å². The van der Waals surface area contributed by atoms with Crippen LogP contribution in [0.4, 0.5) is 5.69 Å². The topological polar surface area (TPSA) is 73.9 Å². The van der Waals surface area contributed by atoms with Gasteiger partial charge in [0.1, 0.15) is 18.1 Å².